The standard InChI is InChI=1S/C17H21N3O4/c1-10(2)15(18)17-20-13(9-24-17)16(22)19-8-14(21)11-4-6-12(23-3)7-5-11/h4-7,9-10,15H,8,18H2,1-3H3,(H,19,22). The average molecular weight is 331 g/mol. The second-order valence-electron chi connectivity index (χ2n) is 5.68. The lowest BCUT2D eigenvalue weighted by atomic mass is 10.1. The summed E-state index contributed by atoms with van der Waals surface area (Å²) < 4.78 is 10.3. The van der Waals surface area contributed by atoms with E-state index < -0.39 is 5.91 Å². The van der Waals surface area contributed by atoms with E-state index in [2.05, 4.69) is 10.3 Å². The lowest BCUT2D eigenvalue weighted by Gasteiger charge is -2.10. The second kappa shape index (κ2) is 7.74. The molecule has 0 fully saturated rings. The highest BCUT2D eigenvalue weighted by Crippen LogP contribution is 2.18. The van der Waals surface area contributed by atoms with Crippen LogP contribution in [0, 0.1) is 5.92 Å². The lowest BCUT2D eigenvalue weighted by molar-refractivity contribution is 0.0900. The van der Waals surface area contributed by atoms with Crippen molar-refractivity contribution in [2.45, 2.75) is 19.9 Å². The van der Waals surface area contributed by atoms with Crippen molar-refractivity contribution in [2.75, 3.05) is 13.7 Å². The third kappa shape index (κ3) is 4.20. The molecule has 1 aromatic carbocycles. The Morgan fingerprint density at radius 1 is 1.29 bits per heavy atom. The summed E-state index contributed by atoms with van der Waals surface area (Å²) in [6.07, 6.45) is 1.24. The molecule has 0 radical (unpaired) electrons. The van der Waals surface area contributed by atoms with Crippen molar-refractivity contribution in [1.82, 2.24) is 10.3 Å². The molecule has 0 spiro atoms. The van der Waals surface area contributed by atoms with Gasteiger partial charge in [0, 0.05) is 5.56 Å². The van der Waals surface area contributed by atoms with E-state index in [9.17, 15) is 9.59 Å². The summed E-state index contributed by atoms with van der Waals surface area (Å²) in [6, 6.07) is 6.28. The second-order valence-corrected chi connectivity index (χ2v) is 5.68. The van der Waals surface area contributed by atoms with Crippen molar-refractivity contribution in [3.05, 3.63) is 47.7 Å². The first kappa shape index (κ1) is 17.7. The average Bonchev–Trinajstić information content (AvgIpc) is 3.08. The van der Waals surface area contributed by atoms with Gasteiger partial charge in [-0.25, -0.2) is 4.98 Å². The van der Waals surface area contributed by atoms with Crippen molar-refractivity contribution in [2.24, 2.45) is 11.7 Å². The van der Waals surface area contributed by atoms with Gasteiger partial charge in [0.05, 0.1) is 19.7 Å². The van der Waals surface area contributed by atoms with E-state index >= 15 is 0 Å². The van der Waals surface area contributed by atoms with E-state index in [0.717, 1.165) is 0 Å². The normalized spacial score (nSPS) is 12.0. The fourth-order valence-electron chi connectivity index (χ4n) is 1.96. The zero-order chi connectivity index (χ0) is 17.7. The fraction of sp³-hybridized carbons (Fsp3) is 0.353. The van der Waals surface area contributed by atoms with Crippen LogP contribution in [-0.2, 0) is 0 Å². The molecule has 0 aliphatic heterocycles. The molecule has 1 atom stereocenters. The van der Waals surface area contributed by atoms with E-state index in [-0.39, 0.29) is 30.0 Å². The number of Topliss-reactive ketones (excluding diaryl/α,β-unsaturated/α-hetero) is 1. The smallest absolute Gasteiger partial charge is 0.273 e. The molecule has 0 aliphatic carbocycles. The minimum atomic E-state index is -0.484. The van der Waals surface area contributed by atoms with Crippen LogP contribution in [0.1, 0.15) is 46.6 Å². The maximum absolute atomic E-state index is 12.1. The van der Waals surface area contributed by atoms with Gasteiger partial charge in [-0.3, -0.25) is 9.59 Å². The molecule has 1 heterocycles. The van der Waals surface area contributed by atoms with Crippen LogP contribution in [0.25, 0.3) is 0 Å². The molecule has 0 saturated heterocycles. The van der Waals surface area contributed by atoms with Crippen LogP contribution in [0.5, 0.6) is 5.75 Å². The van der Waals surface area contributed by atoms with Crippen LogP contribution in [-0.4, -0.2) is 30.3 Å². The fourth-order valence-corrected chi connectivity index (χ4v) is 1.96. The lowest BCUT2D eigenvalue weighted by Crippen LogP contribution is -2.30. The molecule has 2 aromatic rings. The van der Waals surface area contributed by atoms with E-state index in [1.54, 1.807) is 31.4 Å². The Morgan fingerprint density at radius 2 is 1.96 bits per heavy atom. The number of ether oxygens (including phenoxy) is 1. The molecule has 2 rings (SSSR count). The number of oxazole rings is 1. The predicted octanol–water partition coefficient (Wildman–Crippen LogP) is 1.95. The molecule has 0 bridgehead atoms. The summed E-state index contributed by atoms with van der Waals surface area (Å²) in [4.78, 5) is 28.2. The molecule has 0 saturated carbocycles. The molecule has 0 aliphatic rings. The van der Waals surface area contributed by atoms with Crippen LogP contribution in [0.2, 0.25) is 0 Å². The van der Waals surface area contributed by atoms with Crippen molar-refractivity contribution in [3.8, 4) is 5.75 Å². The summed E-state index contributed by atoms with van der Waals surface area (Å²) >= 11 is 0. The van der Waals surface area contributed by atoms with Crippen LogP contribution in [0.4, 0.5) is 0 Å². The topological polar surface area (TPSA) is 107 Å². The Morgan fingerprint density at radius 3 is 2.54 bits per heavy atom. The highest BCUT2D eigenvalue weighted by molar-refractivity contribution is 6.01. The summed E-state index contributed by atoms with van der Waals surface area (Å²) in [5.41, 5.74) is 6.51. The number of benzene rings is 1. The van der Waals surface area contributed by atoms with Gasteiger partial charge < -0.3 is 20.2 Å². The molecule has 1 aromatic heterocycles. The predicted molar refractivity (Wildman–Crippen MR) is 87.9 cm³/mol. The van der Waals surface area contributed by atoms with Crippen molar-refractivity contribution < 1.29 is 18.7 Å². The Bertz CT molecular complexity index is 707. The van der Waals surface area contributed by atoms with Crippen LogP contribution < -0.4 is 15.8 Å². The third-order valence-corrected chi connectivity index (χ3v) is 3.58. The van der Waals surface area contributed by atoms with E-state index in [0.29, 0.717) is 17.2 Å². The molecular formula is C17H21N3O4. The first-order valence-electron chi connectivity index (χ1n) is 7.58. The maximum Gasteiger partial charge on any atom is 0.273 e. The highest BCUT2D eigenvalue weighted by atomic mass is 16.5. The first-order valence-corrected chi connectivity index (χ1v) is 7.58. The molecule has 7 heteroatoms. The highest BCUT2D eigenvalue weighted by Gasteiger charge is 2.19. The van der Waals surface area contributed by atoms with Crippen molar-refractivity contribution in [1.29, 1.82) is 0 Å². The number of nitrogens with two attached hydrogens (primary N) is 1. The zero-order valence-corrected chi connectivity index (χ0v) is 13.9. The molecule has 24 heavy (non-hydrogen) atoms. The minimum absolute atomic E-state index is 0.101. The quantitative estimate of drug-likeness (QED) is 0.751. The maximum atomic E-state index is 12.1. The van der Waals surface area contributed by atoms with E-state index in [4.69, 9.17) is 14.9 Å². The molecular weight excluding hydrogens is 310 g/mol. The van der Waals surface area contributed by atoms with Gasteiger partial charge in [0.2, 0.25) is 5.89 Å². The Hall–Kier alpha value is -2.67. The van der Waals surface area contributed by atoms with Gasteiger partial charge in [-0.1, -0.05) is 13.8 Å². The molecule has 128 valence electrons. The van der Waals surface area contributed by atoms with Gasteiger partial charge in [0.15, 0.2) is 11.5 Å². The Labute approximate surface area is 140 Å². The summed E-state index contributed by atoms with van der Waals surface area (Å²) in [5, 5.41) is 2.52. The number of rotatable bonds is 7. The molecule has 1 amide bonds. The minimum Gasteiger partial charge on any atom is -0.497 e. The van der Waals surface area contributed by atoms with Gasteiger partial charge >= 0.3 is 0 Å². The number of aromatic nitrogens is 1. The van der Waals surface area contributed by atoms with Crippen LogP contribution in [0.3, 0.4) is 0 Å². The Kier molecular flexibility index (Phi) is 5.70. The Balaban J connectivity index is 1.93. The zero-order valence-electron chi connectivity index (χ0n) is 13.9. The number of ketones is 1. The molecule has 1 unspecified atom stereocenters. The monoisotopic (exact) mass is 331 g/mol. The van der Waals surface area contributed by atoms with Crippen molar-refractivity contribution >= 4 is 11.7 Å². The molecule has 3 N–H and O–H groups in total. The van der Waals surface area contributed by atoms with Gasteiger partial charge in [-0.15, -0.1) is 0 Å². The number of nitrogens with one attached hydrogen (secondary N) is 1. The number of carbonyl (C=O) groups is 2. The van der Waals surface area contributed by atoms with Crippen LogP contribution in [0.15, 0.2) is 34.9 Å². The van der Waals surface area contributed by atoms with Crippen molar-refractivity contribution in [3.63, 3.8) is 0 Å². The number of hydrogen-bond donors (Lipinski definition) is 2. The summed E-state index contributed by atoms with van der Waals surface area (Å²) in [7, 11) is 1.55. The van der Waals surface area contributed by atoms with Crippen LogP contribution >= 0.6 is 0 Å². The number of hydrogen-bond acceptors (Lipinski definition) is 6. The molecule has 7 nitrogen and oxygen atoms in total. The third-order valence-electron chi connectivity index (χ3n) is 3.58. The number of carbonyl (C=O) groups excluding carboxylic acids is 2. The summed E-state index contributed by atoms with van der Waals surface area (Å²) in [5.74, 6) is 0.400. The van der Waals surface area contributed by atoms with Gasteiger partial charge in [0.25, 0.3) is 5.91 Å². The number of methoxy groups -OCH3 is 1. The van der Waals surface area contributed by atoms with Gasteiger partial charge in [-0.2, -0.15) is 0 Å². The van der Waals surface area contributed by atoms with Gasteiger partial charge in [0.1, 0.15) is 12.0 Å². The number of nitrogens with zero attached hydrogens (tertiary/aromatic N) is 1. The SMILES string of the molecule is COc1ccc(C(=O)CNC(=O)c2coc(C(N)C(C)C)n2)cc1. The summed E-state index contributed by atoms with van der Waals surface area (Å²) in [6.45, 7) is 3.73. The first-order chi connectivity index (χ1) is 11.4. The van der Waals surface area contributed by atoms with E-state index in [1.165, 1.54) is 6.26 Å². The van der Waals surface area contributed by atoms with E-state index in [1.807, 2.05) is 13.8 Å². The largest absolute Gasteiger partial charge is 0.497 e. The number of amides is 1. The van der Waals surface area contributed by atoms with Gasteiger partial charge in [-0.05, 0) is 30.2 Å².